The van der Waals surface area contributed by atoms with Gasteiger partial charge in [0.15, 0.2) is 5.82 Å². The summed E-state index contributed by atoms with van der Waals surface area (Å²) in [6.45, 7) is 1.83. The van der Waals surface area contributed by atoms with Gasteiger partial charge >= 0.3 is 0 Å². The quantitative estimate of drug-likeness (QED) is 0.558. The summed E-state index contributed by atoms with van der Waals surface area (Å²) < 4.78 is 1.68. The molecule has 3 heterocycles. The van der Waals surface area contributed by atoms with Crippen molar-refractivity contribution in [3.63, 3.8) is 0 Å². The number of aryl methyl sites for hydroxylation is 1. The van der Waals surface area contributed by atoms with Crippen molar-refractivity contribution in [2.45, 2.75) is 6.92 Å². The lowest BCUT2D eigenvalue weighted by atomic mass is 10.2. The highest BCUT2D eigenvalue weighted by atomic mass is 16.1. The fourth-order valence-corrected chi connectivity index (χ4v) is 2.62. The first-order valence-corrected chi connectivity index (χ1v) is 8.61. The minimum Gasteiger partial charge on any atom is -0.340 e. The highest BCUT2D eigenvalue weighted by Crippen LogP contribution is 2.19. The highest BCUT2D eigenvalue weighted by Gasteiger charge is 2.07. The standard InChI is InChI=1S/C20H17N7O/c1-14-23-18(12-19(24-14)27-11-3-10-22-27)25-16-5-7-17(8-6-16)26-20(28)15-4-2-9-21-13-15/h2-13H,1H3,(H,26,28)(H,23,24,25). The van der Waals surface area contributed by atoms with E-state index in [4.69, 9.17) is 0 Å². The van der Waals surface area contributed by atoms with Gasteiger partial charge in [0.05, 0.1) is 5.56 Å². The third kappa shape index (κ3) is 4.01. The number of anilines is 3. The van der Waals surface area contributed by atoms with Gasteiger partial charge in [-0.25, -0.2) is 14.6 Å². The second-order valence-corrected chi connectivity index (χ2v) is 6.01. The molecule has 4 rings (SSSR count). The number of pyridine rings is 1. The molecule has 1 amide bonds. The Balaban J connectivity index is 1.47. The van der Waals surface area contributed by atoms with Gasteiger partial charge in [0.1, 0.15) is 11.6 Å². The number of benzene rings is 1. The topological polar surface area (TPSA) is 97.6 Å². The second-order valence-electron chi connectivity index (χ2n) is 6.01. The van der Waals surface area contributed by atoms with Crippen LogP contribution in [0.2, 0.25) is 0 Å². The van der Waals surface area contributed by atoms with E-state index in [0.29, 0.717) is 28.7 Å². The van der Waals surface area contributed by atoms with Crippen LogP contribution in [0.5, 0.6) is 0 Å². The van der Waals surface area contributed by atoms with Crippen molar-refractivity contribution in [1.82, 2.24) is 24.7 Å². The van der Waals surface area contributed by atoms with E-state index in [1.165, 1.54) is 6.20 Å². The first kappa shape index (κ1) is 17.3. The number of nitrogens with one attached hydrogen (secondary N) is 2. The normalized spacial score (nSPS) is 10.5. The average molecular weight is 371 g/mol. The minimum atomic E-state index is -0.205. The largest absolute Gasteiger partial charge is 0.340 e. The summed E-state index contributed by atoms with van der Waals surface area (Å²) in [5, 5.41) is 10.3. The van der Waals surface area contributed by atoms with Crippen LogP contribution >= 0.6 is 0 Å². The molecule has 8 nitrogen and oxygen atoms in total. The van der Waals surface area contributed by atoms with Crippen LogP contribution in [-0.4, -0.2) is 30.6 Å². The Morgan fingerprint density at radius 3 is 2.54 bits per heavy atom. The first-order chi connectivity index (χ1) is 13.7. The number of hydrogen-bond donors (Lipinski definition) is 2. The zero-order valence-corrected chi connectivity index (χ0v) is 15.1. The van der Waals surface area contributed by atoms with Gasteiger partial charge in [0, 0.05) is 42.2 Å². The van der Waals surface area contributed by atoms with Crippen molar-refractivity contribution in [3.05, 3.63) is 84.7 Å². The van der Waals surface area contributed by atoms with E-state index in [2.05, 4.69) is 30.7 Å². The summed E-state index contributed by atoms with van der Waals surface area (Å²) in [5.41, 5.74) is 2.03. The Kier molecular flexibility index (Phi) is 4.75. The molecule has 8 heteroatoms. The van der Waals surface area contributed by atoms with Crippen LogP contribution in [0.1, 0.15) is 16.2 Å². The number of aromatic nitrogens is 5. The summed E-state index contributed by atoms with van der Waals surface area (Å²) in [7, 11) is 0. The number of carbonyl (C=O) groups is 1. The van der Waals surface area contributed by atoms with Gasteiger partial charge in [-0.05, 0) is 49.4 Å². The molecule has 0 radical (unpaired) electrons. The van der Waals surface area contributed by atoms with E-state index >= 15 is 0 Å². The number of rotatable bonds is 5. The summed E-state index contributed by atoms with van der Waals surface area (Å²) in [4.78, 5) is 24.9. The maximum absolute atomic E-state index is 12.2. The Labute approximate surface area is 161 Å². The first-order valence-electron chi connectivity index (χ1n) is 8.61. The van der Waals surface area contributed by atoms with Gasteiger partial charge in [-0.3, -0.25) is 9.78 Å². The van der Waals surface area contributed by atoms with Crippen LogP contribution < -0.4 is 10.6 Å². The number of carbonyl (C=O) groups excluding carboxylic acids is 1. The van der Waals surface area contributed by atoms with Gasteiger partial charge in [-0.1, -0.05) is 0 Å². The molecule has 0 fully saturated rings. The van der Waals surface area contributed by atoms with Crippen molar-refractivity contribution in [2.24, 2.45) is 0 Å². The van der Waals surface area contributed by atoms with E-state index in [0.717, 1.165) is 5.69 Å². The Morgan fingerprint density at radius 1 is 1.00 bits per heavy atom. The Morgan fingerprint density at radius 2 is 1.82 bits per heavy atom. The molecule has 0 aliphatic rings. The van der Waals surface area contributed by atoms with Crippen LogP contribution in [0, 0.1) is 6.92 Å². The Bertz CT molecular complexity index is 1080. The zero-order valence-electron chi connectivity index (χ0n) is 15.1. The monoisotopic (exact) mass is 371 g/mol. The van der Waals surface area contributed by atoms with Crippen molar-refractivity contribution >= 4 is 23.1 Å². The van der Waals surface area contributed by atoms with Gasteiger partial charge < -0.3 is 10.6 Å². The van der Waals surface area contributed by atoms with Crippen LogP contribution in [-0.2, 0) is 0 Å². The molecular formula is C20H17N7O. The molecule has 0 bridgehead atoms. The Hall–Kier alpha value is -4.07. The minimum absolute atomic E-state index is 0.205. The molecule has 0 aliphatic heterocycles. The molecule has 3 aromatic heterocycles. The molecule has 0 unspecified atom stereocenters. The molecule has 0 saturated heterocycles. The summed E-state index contributed by atoms with van der Waals surface area (Å²) in [6, 6.07) is 14.5. The smallest absolute Gasteiger partial charge is 0.257 e. The summed E-state index contributed by atoms with van der Waals surface area (Å²) >= 11 is 0. The van der Waals surface area contributed by atoms with E-state index in [-0.39, 0.29) is 5.91 Å². The molecular weight excluding hydrogens is 354 g/mol. The fraction of sp³-hybridized carbons (Fsp3) is 0.0500. The number of nitrogens with zero attached hydrogens (tertiary/aromatic N) is 5. The molecule has 1 aromatic carbocycles. The second kappa shape index (κ2) is 7.67. The maximum atomic E-state index is 12.2. The number of amides is 1. The third-order valence-electron chi connectivity index (χ3n) is 3.90. The van der Waals surface area contributed by atoms with Gasteiger partial charge in [-0.2, -0.15) is 5.10 Å². The van der Waals surface area contributed by atoms with Gasteiger partial charge in [0.2, 0.25) is 0 Å². The van der Waals surface area contributed by atoms with E-state index in [1.54, 1.807) is 29.2 Å². The highest BCUT2D eigenvalue weighted by molar-refractivity contribution is 6.04. The predicted molar refractivity (Wildman–Crippen MR) is 106 cm³/mol. The van der Waals surface area contributed by atoms with Crippen molar-refractivity contribution in [3.8, 4) is 5.82 Å². The molecule has 2 N–H and O–H groups in total. The van der Waals surface area contributed by atoms with Crippen molar-refractivity contribution in [2.75, 3.05) is 10.6 Å². The number of hydrogen-bond acceptors (Lipinski definition) is 6. The van der Waals surface area contributed by atoms with E-state index < -0.39 is 0 Å². The lowest BCUT2D eigenvalue weighted by molar-refractivity contribution is 0.102. The fourth-order valence-electron chi connectivity index (χ4n) is 2.62. The maximum Gasteiger partial charge on any atom is 0.257 e. The van der Waals surface area contributed by atoms with Crippen molar-refractivity contribution in [1.29, 1.82) is 0 Å². The van der Waals surface area contributed by atoms with Crippen molar-refractivity contribution < 1.29 is 4.79 Å². The molecule has 0 spiro atoms. The molecule has 28 heavy (non-hydrogen) atoms. The third-order valence-corrected chi connectivity index (χ3v) is 3.90. The molecule has 0 saturated carbocycles. The predicted octanol–water partition coefficient (Wildman–Crippen LogP) is 3.36. The summed E-state index contributed by atoms with van der Waals surface area (Å²) in [6.07, 6.45) is 6.68. The van der Waals surface area contributed by atoms with Gasteiger partial charge in [-0.15, -0.1) is 0 Å². The SMILES string of the molecule is Cc1nc(Nc2ccc(NC(=O)c3cccnc3)cc2)cc(-n2cccn2)n1. The molecule has 138 valence electrons. The van der Waals surface area contributed by atoms with Crippen LogP contribution in [0.25, 0.3) is 5.82 Å². The van der Waals surface area contributed by atoms with E-state index in [1.807, 2.05) is 49.5 Å². The van der Waals surface area contributed by atoms with Crippen LogP contribution in [0.3, 0.4) is 0 Å². The zero-order chi connectivity index (χ0) is 19.3. The van der Waals surface area contributed by atoms with Gasteiger partial charge in [0.25, 0.3) is 5.91 Å². The molecule has 0 atom stereocenters. The van der Waals surface area contributed by atoms with Crippen LogP contribution in [0.4, 0.5) is 17.2 Å². The van der Waals surface area contributed by atoms with Crippen LogP contribution in [0.15, 0.2) is 73.3 Å². The summed E-state index contributed by atoms with van der Waals surface area (Å²) in [5.74, 6) is 1.77. The molecule has 4 aromatic rings. The lowest BCUT2D eigenvalue weighted by Gasteiger charge is -2.10. The van der Waals surface area contributed by atoms with E-state index in [9.17, 15) is 4.79 Å². The molecule has 0 aliphatic carbocycles. The lowest BCUT2D eigenvalue weighted by Crippen LogP contribution is -2.11. The average Bonchev–Trinajstić information content (AvgIpc) is 3.25.